The molecular weight excluding hydrogens is 417 g/mol. The minimum atomic E-state index is -0.694. The van der Waals surface area contributed by atoms with Crippen molar-refractivity contribution < 1.29 is 9.13 Å². The molecule has 1 N–H and O–H groups in total. The van der Waals surface area contributed by atoms with E-state index < -0.39 is 11.4 Å². The van der Waals surface area contributed by atoms with Gasteiger partial charge in [0.2, 0.25) is 0 Å². The predicted molar refractivity (Wildman–Crippen MR) is 108 cm³/mol. The molecule has 2 aromatic carbocycles. The number of fused-ring (bicyclic) bond motifs is 1. The Labute approximate surface area is 166 Å². The zero-order valence-corrected chi connectivity index (χ0v) is 16.6. The molecule has 1 aliphatic heterocycles. The van der Waals surface area contributed by atoms with Gasteiger partial charge >= 0.3 is 0 Å². The lowest BCUT2D eigenvalue weighted by molar-refractivity contribution is 0.0486. The second-order valence-corrected chi connectivity index (χ2v) is 7.44. The zero-order chi connectivity index (χ0) is 18.7. The topological polar surface area (TPSA) is 21.3 Å². The minimum absolute atomic E-state index is 0.0680. The summed E-state index contributed by atoms with van der Waals surface area (Å²) in [5.74, 6) is 0.0116. The molecule has 0 spiro atoms. The van der Waals surface area contributed by atoms with Crippen LogP contribution in [0.15, 0.2) is 66.2 Å². The molecule has 136 valence electrons. The van der Waals surface area contributed by atoms with Gasteiger partial charge in [0.05, 0.1) is 11.1 Å². The van der Waals surface area contributed by atoms with Crippen LogP contribution in [-0.2, 0) is 12.0 Å². The lowest BCUT2D eigenvalue weighted by atomic mass is 9.81. The summed E-state index contributed by atoms with van der Waals surface area (Å²) in [5.41, 5.74) is 1.19. The molecule has 0 saturated carbocycles. The highest BCUT2D eigenvalue weighted by molar-refractivity contribution is 9.10. The fourth-order valence-electron chi connectivity index (χ4n) is 3.47. The van der Waals surface area contributed by atoms with Gasteiger partial charge in [0, 0.05) is 29.1 Å². The van der Waals surface area contributed by atoms with Crippen LogP contribution in [0.5, 0.6) is 5.75 Å². The van der Waals surface area contributed by atoms with Crippen molar-refractivity contribution in [2.45, 2.75) is 24.5 Å². The second-order valence-electron chi connectivity index (χ2n) is 6.27. The third-order valence-corrected chi connectivity index (χ3v) is 6.16. The van der Waals surface area contributed by atoms with Gasteiger partial charge in [-0.15, -0.1) is 13.2 Å². The summed E-state index contributed by atoms with van der Waals surface area (Å²) in [5, 5.41) is 3.56. The van der Waals surface area contributed by atoms with Gasteiger partial charge in [-0.25, -0.2) is 4.39 Å². The maximum Gasteiger partial charge on any atom is 0.154 e. The van der Waals surface area contributed by atoms with Crippen molar-refractivity contribution in [1.82, 2.24) is 5.32 Å². The molecule has 0 aliphatic carbocycles. The van der Waals surface area contributed by atoms with Crippen LogP contribution in [0.3, 0.4) is 0 Å². The molecule has 2 atom stereocenters. The Morgan fingerprint density at radius 1 is 1.31 bits per heavy atom. The molecule has 26 heavy (non-hydrogen) atoms. The molecule has 5 heteroatoms. The summed E-state index contributed by atoms with van der Waals surface area (Å²) in [4.78, 5) is 0. The van der Waals surface area contributed by atoms with E-state index in [4.69, 9.17) is 16.3 Å². The smallest absolute Gasteiger partial charge is 0.154 e. The van der Waals surface area contributed by atoms with E-state index in [1.807, 2.05) is 42.5 Å². The Morgan fingerprint density at radius 2 is 2.04 bits per heavy atom. The maximum atomic E-state index is 14.2. The van der Waals surface area contributed by atoms with Gasteiger partial charge < -0.3 is 10.1 Å². The lowest BCUT2D eigenvalue weighted by Gasteiger charge is -2.37. The first-order valence-electron chi connectivity index (χ1n) is 8.39. The summed E-state index contributed by atoms with van der Waals surface area (Å²) in [6.07, 6.45) is 4.92. The largest absolute Gasteiger partial charge is 0.480 e. The molecule has 2 nitrogen and oxygen atoms in total. The number of rotatable bonds is 7. The van der Waals surface area contributed by atoms with Crippen LogP contribution in [0, 0.1) is 5.82 Å². The van der Waals surface area contributed by atoms with Crippen LogP contribution >= 0.6 is 27.5 Å². The van der Waals surface area contributed by atoms with Gasteiger partial charge in [-0.2, -0.15) is 0 Å². The highest BCUT2D eigenvalue weighted by Gasteiger charge is 2.48. The Balaban J connectivity index is 2.13. The monoisotopic (exact) mass is 435 g/mol. The highest BCUT2D eigenvalue weighted by Crippen LogP contribution is 2.49. The van der Waals surface area contributed by atoms with Crippen LogP contribution in [0.4, 0.5) is 4.39 Å². The average Bonchev–Trinajstić information content (AvgIpc) is 3.04. The van der Waals surface area contributed by atoms with Crippen LogP contribution in [0.2, 0.25) is 5.02 Å². The maximum absolute atomic E-state index is 14.2. The molecule has 3 rings (SSSR count). The number of halogens is 3. The Bertz CT molecular complexity index is 827. The van der Waals surface area contributed by atoms with E-state index in [1.54, 1.807) is 0 Å². The van der Waals surface area contributed by atoms with Crippen molar-refractivity contribution in [1.29, 1.82) is 0 Å². The summed E-state index contributed by atoms with van der Waals surface area (Å²) in [7, 11) is 0. The van der Waals surface area contributed by atoms with Crippen molar-refractivity contribution in [3.05, 3.63) is 88.1 Å². The molecule has 2 aromatic rings. The first-order valence-corrected chi connectivity index (χ1v) is 9.56. The normalized spacial score (nSPS) is 19.5. The summed E-state index contributed by atoms with van der Waals surface area (Å²) < 4.78 is 21.1. The van der Waals surface area contributed by atoms with Crippen molar-refractivity contribution in [2.75, 3.05) is 6.54 Å². The number of ether oxygens (including phenoxy) is 1. The number of benzene rings is 2. The molecule has 1 unspecified atom stereocenters. The van der Waals surface area contributed by atoms with Crippen molar-refractivity contribution in [3.63, 3.8) is 0 Å². The molecule has 0 saturated heterocycles. The molecule has 0 amide bonds. The molecule has 1 heterocycles. The van der Waals surface area contributed by atoms with Gasteiger partial charge in [-0.3, -0.25) is 0 Å². The fourth-order valence-corrected chi connectivity index (χ4v) is 4.16. The van der Waals surface area contributed by atoms with Crippen molar-refractivity contribution >= 4 is 27.5 Å². The molecule has 1 aliphatic rings. The first-order chi connectivity index (χ1) is 12.5. The van der Waals surface area contributed by atoms with E-state index in [-0.39, 0.29) is 11.1 Å². The van der Waals surface area contributed by atoms with Gasteiger partial charge in [0.25, 0.3) is 0 Å². The standard InChI is InChI=1S/C21H20BrClFNO/c1-3-8-18(25-11-4-2)21(14-9-6-5-7-10-14)13-15-17(26-21)12-16(24)20(23)19(15)22/h3-7,9-10,12,18,25H,1-2,8,11,13H2/t18-,21?/m0/s1. The number of hydrogen-bond donors (Lipinski definition) is 1. The SMILES string of the molecule is C=CCN[C@@H](CC=C)C1(c2ccccc2)Cc2c(cc(F)c(Cl)c2Br)O1. The third-order valence-electron chi connectivity index (χ3n) is 4.69. The third kappa shape index (κ3) is 3.34. The molecule has 0 bridgehead atoms. The van der Waals surface area contributed by atoms with E-state index in [2.05, 4.69) is 34.4 Å². The zero-order valence-electron chi connectivity index (χ0n) is 14.3. The molecule has 0 radical (unpaired) electrons. The summed E-state index contributed by atoms with van der Waals surface area (Å²) in [6.45, 7) is 8.30. The van der Waals surface area contributed by atoms with Gasteiger partial charge in [-0.05, 0) is 27.9 Å². The second kappa shape index (κ2) is 7.95. The highest BCUT2D eigenvalue weighted by atomic mass is 79.9. The molecule has 0 fully saturated rings. The van der Waals surface area contributed by atoms with E-state index in [0.717, 1.165) is 11.1 Å². The molecular formula is C21H20BrClFNO. The number of hydrogen-bond acceptors (Lipinski definition) is 2. The van der Waals surface area contributed by atoms with Crippen LogP contribution in [0.1, 0.15) is 17.5 Å². The van der Waals surface area contributed by atoms with Gasteiger partial charge in [0.15, 0.2) is 5.60 Å². The van der Waals surface area contributed by atoms with Gasteiger partial charge in [-0.1, -0.05) is 54.1 Å². The van der Waals surface area contributed by atoms with E-state index >= 15 is 0 Å². The van der Waals surface area contributed by atoms with Crippen molar-refractivity contribution in [3.8, 4) is 5.75 Å². The van der Waals surface area contributed by atoms with E-state index in [9.17, 15) is 4.39 Å². The van der Waals surface area contributed by atoms with E-state index in [1.165, 1.54) is 6.07 Å². The Morgan fingerprint density at radius 3 is 2.69 bits per heavy atom. The predicted octanol–water partition coefficient (Wildman–Crippen LogP) is 5.79. The minimum Gasteiger partial charge on any atom is -0.480 e. The van der Waals surface area contributed by atoms with Crippen LogP contribution in [-0.4, -0.2) is 12.6 Å². The van der Waals surface area contributed by atoms with E-state index in [0.29, 0.717) is 29.6 Å². The quantitative estimate of drug-likeness (QED) is 0.438. The fraction of sp³-hybridized carbons (Fsp3) is 0.238. The Kier molecular flexibility index (Phi) is 5.86. The number of nitrogens with one attached hydrogen (secondary N) is 1. The average molecular weight is 437 g/mol. The lowest BCUT2D eigenvalue weighted by Crippen LogP contribution is -2.51. The summed E-state index contributed by atoms with van der Waals surface area (Å²) >= 11 is 9.54. The van der Waals surface area contributed by atoms with Crippen molar-refractivity contribution in [2.24, 2.45) is 0 Å². The van der Waals surface area contributed by atoms with Crippen LogP contribution < -0.4 is 10.1 Å². The first kappa shape index (κ1) is 19.2. The Hall–Kier alpha value is -1.62. The molecule has 0 aromatic heterocycles. The summed E-state index contributed by atoms with van der Waals surface area (Å²) in [6, 6.07) is 11.3. The van der Waals surface area contributed by atoms with Crippen LogP contribution in [0.25, 0.3) is 0 Å². The van der Waals surface area contributed by atoms with Gasteiger partial charge in [0.1, 0.15) is 11.6 Å².